The lowest BCUT2D eigenvalue weighted by Gasteiger charge is -2.27. The largest absolute Gasteiger partial charge is 0.453 e. The van der Waals surface area contributed by atoms with Crippen molar-refractivity contribution in [1.82, 2.24) is 15.5 Å². The summed E-state index contributed by atoms with van der Waals surface area (Å²) >= 11 is 0. The molecule has 0 bridgehead atoms. The number of carbonyl (C=O) groups is 2. The van der Waals surface area contributed by atoms with E-state index in [1.165, 1.54) is 7.11 Å². The van der Waals surface area contributed by atoms with Gasteiger partial charge in [-0.3, -0.25) is 9.69 Å². The minimum atomic E-state index is -0.457. The third-order valence-corrected chi connectivity index (χ3v) is 2.80. The van der Waals surface area contributed by atoms with Gasteiger partial charge in [0.05, 0.1) is 19.4 Å². The van der Waals surface area contributed by atoms with E-state index >= 15 is 0 Å². The van der Waals surface area contributed by atoms with Gasteiger partial charge in [-0.1, -0.05) is 0 Å². The number of amides is 2. The van der Waals surface area contributed by atoms with Crippen LogP contribution in [-0.2, 0) is 14.3 Å². The van der Waals surface area contributed by atoms with Crippen molar-refractivity contribution >= 4 is 12.0 Å². The van der Waals surface area contributed by atoms with Crippen LogP contribution in [0.4, 0.5) is 4.79 Å². The van der Waals surface area contributed by atoms with Crippen LogP contribution >= 0.6 is 0 Å². The minimum absolute atomic E-state index is 0.00500. The third-order valence-electron chi connectivity index (χ3n) is 2.80. The highest BCUT2D eigenvalue weighted by Crippen LogP contribution is 2.16. The molecule has 0 aromatic heterocycles. The monoisotopic (exact) mass is 303 g/mol. The minimum Gasteiger partial charge on any atom is -0.453 e. The van der Waals surface area contributed by atoms with E-state index in [9.17, 15) is 9.59 Å². The summed E-state index contributed by atoms with van der Waals surface area (Å²) < 4.78 is 10.1. The van der Waals surface area contributed by atoms with Crippen LogP contribution in [0.5, 0.6) is 0 Å². The van der Waals surface area contributed by atoms with E-state index in [0.717, 1.165) is 0 Å². The van der Waals surface area contributed by atoms with Crippen LogP contribution in [-0.4, -0.2) is 63.5 Å². The van der Waals surface area contributed by atoms with Crippen molar-refractivity contribution in [2.24, 2.45) is 0 Å². The lowest BCUT2D eigenvalue weighted by molar-refractivity contribution is -0.123. The SMILES string of the molecule is COC(=O)NCCCNC(=O)CCC(C)(C)OCN(C)C. The van der Waals surface area contributed by atoms with Gasteiger partial charge in [0.1, 0.15) is 0 Å². The van der Waals surface area contributed by atoms with Crippen LogP contribution in [0.1, 0.15) is 33.1 Å². The van der Waals surface area contributed by atoms with E-state index in [-0.39, 0.29) is 11.5 Å². The zero-order valence-corrected chi connectivity index (χ0v) is 13.8. The van der Waals surface area contributed by atoms with Crippen LogP contribution < -0.4 is 10.6 Å². The first-order chi connectivity index (χ1) is 9.76. The normalized spacial score (nSPS) is 11.3. The molecule has 7 nitrogen and oxygen atoms in total. The summed E-state index contributed by atoms with van der Waals surface area (Å²) in [6.45, 7) is 5.49. The Labute approximate surface area is 127 Å². The van der Waals surface area contributed by atoms with Crippen molar-refractivity contribution < 1.29 is 19.1 Å². The Kier molecular flexibility index (Phi) is 9.73. The van der Waals surface area contributed by atoms with Gasteiger partial charge in [-0.2, -0.15) is 0 Å². The molecule has 0 saturated heterocycles. The van der Waals surface area contributed by atoms with Crippen molar-refractivity contribution in [3.8, 4) is 0 Å². The van der Waals surface area contributed by atoms with Gasteiger partial charge in [-0.25, -0.2) is 4.79 Å². The lowest BCUT2D eigenvalue weighted by atomic mass is 10.0. The molecule has 0 rings (SSSR count). The number of carbonyl (C=O) groups excluding carboxylic acids is 2. The summed E-state index contributed by atoms with van der Waals surface area (Å²) in [5.74, 6) is -0.00500. The van der Waals surface area contributed by atoms with Crippen LogP contribution in [0.15, 0.2) is 0 Å². The Hall–Kier alpha value is -1.34. The number of rotatable bonds is 10. The summed E-state index contributed by atoms with van der Waals surface area (Å²) in [5.41, 5.74) is -0.325. The summed E-state index contributed by atoms with van der Waals surface area (Å²) in [6, 6.07) is 0. The maximum absolute atomic E-state index is 11.7. The topological polar surface area (TPSA) is 79.9 Å². The highest BCUT2D eigenvalue weighted by Gasteiger charge is 2.20. The fraction of sp³-hybridized carbons (Fsp3) is 0.857. The van der Waals surface area contributed by atoms with Crippen LogP contribution in [0, 0.1) is 0 Å². The highest BCUT2D eigenvalue weighted by atomic mass is 16.5. The number of nitrogens with one attached hydrogen (secondary N) is 2. The van der Waals surface area contributed by atoms with Crippen molar-refractivity contribution in [1.29, 1.82) is 0 Å². The van der Waals surface area contributed by atoms with Crippen molar-refractivity contribution in [2.45, 2.75) is 38.7 Å². The molecule has 0 unspecified atom stereocenters. The first-order valence-corrected chi connectivity index (χ1v) is 7.14. The number of methoxy groups -OCH3 is 1. The van der Waals surface area contributed by atoms with Gasteiger partial charge >= 0.3 is 6.09 Å². The van der Waals surface area contributed by atoms with E-state index in [0.29, 0.717) is 39.1 Å². The molecule has 2 N–H and O–H groups in total. The summed E-state index contributed by atoms with van der Waals surface area (Å²) in [7, 11) is 5.19. The molecule has 0 radical (unpaired) electrons. The van der Waals surface area contributed by atoms with Crippen molar-refractivity contribution in [2.75, 3.05) is 41.0 Å². The molecule has 0 spiro atoms. The van der Waals surface area contributed by atoms with Crippen LogP contribution in [0.3, 0.4) is 0 Å². The molecule has 0 saturated carbocycles. The standard InChI is InChI=1S/C14H29N3O4/c1-14(2,21-11-17(3)4)8-7-12(18)15-9-6-10-16-13(19)20-5/h6-11H2,1-5H3,(H,15,18)(H,16,19). The third kappa shape index (κ3) is 12.1. The van der Waals surface area contributed by atoms with Gasteiger partial charge in [0.25, 0.3) is 0 Å². The molecule has 0 aromatic carbocycles. The van der Waals surface area contributed by atoms with E-state index in [1.54, 1.807) is 0 Å². The fourth-order valence-corrected chi connectivity index (χ4v) is 1.46. The molecule has 0 fully saturated rings. The van der Waals surface area contributed by atoms with Gasteiger partial charge < -0.3 is 20.1 Å². The Morgan fingerprint density at radius 3 is 2.33 bits per heavy atom. The predicted octanol–water partition coefficient (Wildman–Crippen LogP) is 0.943. The molecule has 0 atom stereocenters. The number of hydrogen-bond donors (Lipinski definition) is 2. The molecule has 2 amide bonds. The Morgan fingerprint density at radius 1 is 1.14 bits per heavy atom. The van der Waals surface area contributed by atoms with E-state index < -0.39 is 6.09 Å². The zero-order valence-electron chi connectivity index (χ0n) is 13.8. The summed E-state index contributed by atoms with van der Waals surface area (Å²) in [5, 5.41) is 5.37. The molecule has 7 heteroatoms. The second-order valence-corrected chi connectivity index (χ2v) is 5.73. The molecule has 0 aromatic rings. The zero-order chi connectivity index (χ0) is 16.3. The van der Waals surface area contributed by atoms with Crippen LogP contribution in [0.2, 0.25) is 0 Å². The smallest absolute Gasteiger partial charge is 0.406 e. The number of ether oxygens (including phenoxy) is 2. The number of alkyl carbamates (subject to hydrolysis) is 1. The van der Waals surface area contributed by atoms with Crippen molar-refractivity contribution in [3.63, 3.8) is 0 Å². The van der Waals surface area contributed by atoms with Gasteiger partial charge in [0, 0.05) is 19.5 Å². The van der Waals surface area contributed by atoms with Gasteiger partial charge in [0.2, 0.25) is 5.91 Å². The Balaban J connectivity index is 3.68. The second-order valence-electron chi connectivity index (χ2n) is 5.73. The lowest BCUT2D eigenvalue weighted by Crippen LogP contribution is -2.33. The molecular formula is C14H29N3O4. The highest BCUT2D eigenvalue weighted by molar-refractivity contribution is 5.75. The van der Waals surface area contributed by atoms with E-state index in [4.69, 9.17) is 4.74 Å². The predicted molar refractivity (Wildman–Crippen MR) is 81.0 cm³/mol. The first-order valence-electron chi connectivity index (χ1n) is 7.14. The molecule has 124 valence electrons. The number of nitrogens with zero attached hydrogens (tertiary/aromatic N) is 1. The van der Waals surface area contributed by atoms with Gasteiger partial charge in [0.15, 0.2) is 0 Å². The Morgan fingerprint density at radius 2 is 1.76 bits per heavy atom. The summed E-state index contributed by atoms with van der Waals surface area (Å²) in [6.07, 6.45) is 1.29. The maximum Gasteiger partial charge on any atom is 0.406 e. The fourth-order valence-electron chi connectivity index (χ4n) is 1.46. The molecule has 0 aliphatic rings. The molecule has 0 aliphatic heterocycles. The van der Waals surface area contributed by atoms with Crippen LogP contribution in [0.25, 0.3) is 0 Å². The molecular weight excluding hydrogens is 274 g/mol. The van der Waals surface area contributed by atoms with Gasteiger partial charge in [-0.15, -0.1) is 0 Å². The average molecular weight is 303 g/mol. The average Bonchev–Trinajstić information content (AvgIpc) is 2.42. The molecule has 21 heavy (non-hydrogen) atoms. The van der Waals surface area contributed by atoms with Gasteiger partial charge in [-0.05, 0) is 40.8 Å². The Bertz CT molecular complexity index is 319. The van der Waals surface area contributed by atoms with Crippen molar-refractivity contribution in [3.05, 3.63) is 0 Å². The summed E-state index contributed by atoms with van der Waals surface area (Å²) in [4.78, 5) is 24.4. The quantitative estimate of drug-likeness (QED) is 0.464. The maximum atomic E-state index is 11.7. The first kappa shape index (κ1) is 19.7. The van der Waals surface area contributed by atoms with E-state index in [1.807, 2.05) is 32.8 Å². The molecule has 0 aliphatic carbocycles. The second kappa shape index (κ2) is 10.4. The number of hydrogen-bond acceptors (Lipinski definition) is 5. The molecule has 0 heterocycles. The van der Waals surface area contributed by atoms with E-state index in [2.05, 4.69) is 15.4 Å².